The lowest BCUT2D eigenvalue weighted by atomic mass is 9.81. The molecule has 4 amide bonds. The van der Waals surface area contributed by atoms with Crippen molar-refractivity contribution in [2.45, 2.75) is 49.9 Å². The van der Waals surface area contributed by atoms with Crippen molar-refractivity contribution in [1.29, 1.82) is 0 Å². The van der Waals surface area contributed by atoms with Crippen molar-refractivity contribution < 1.29 is 37.4 Å². The van der Waals surface area contributed by atoms with Gasteiger partial charge in [-0.05, 0) is 31.0 Å². The Bertz CT molecular complexity index is 870. The van der Waals surface area contributed by atoms with Crippen LogP contribution in [0.15, 0.2) is 24.3 Å². The second-order valence-corrected chi connectivity index (χ2v) is 8.12. The Labute approximate surface area is 183 Å². The Morgan fingerprint density at radius 2 is 1.94 bits per heavy atom. The van der Waals surface area contributed by atoms with E-state index in [-0.39, 0.29) is 24.8 Å². The molecule has 11 heteroatoms. The smallest absolute Gasteiger partial charge is 0.416 e. The molecule has 176 valence electrons. The summed E-state index contributed by atoms with van der Waals surface area (Å²) < 4.78 is 43.4. The first-order valence-corrected chi connectivity index (χ1v) is 10.4. The van der Waals surface area contributed by atoms with Gasteiger partial charge in [-0.15, -0.1) is 0 Å². The molecular weight excluding hydrogens is 431 g/mol. The largest absolute Gasteiger partial charge is 0.491 e. The number of hydrogen-bond acceptors (Lipinski definition) is 5. The van der Waals surface area contributed by atoms with Gasteiger partial charge in [-0.1, -0.05) is 25.3 Å². The van der Waals surface area contributed by atoms with E-state index in [0.29, 0.717) is 12.8 Å². The summed E-state index contributed by atoms with van der Waals surface area (Å²) in [4.78, 5) is 40.0. The summed E-state index contributed by atoms with van der Waals surface area (Å²) in [5.41, 5.74) is -1.76. The molecule has 0 radical (unpaired) electrons. The number of urea groups is 1. The molecule has 1 spiro atoms. The lowest BCUT2D eigenvalue weighted by Crippen LogP contribution is -2.49. The zero-order valence-corrected chi connectivity index (χ0v) is 17.7. The van der Waals surface area contributed by atoms with E-state index >= 15 is 0 Å². The molecule has 1 heterocycles. The average Bonchev–Trinajstić information content (AvgIpc) is 2.93. The number of nitrogens with zero attached hydrogens (tertiary/aromatic N) is 2. The third-order valence-electron chi connectivity index (χ3n) is 5.92. The summed E-state index contributed by atoms with van der Waals surface area (Å²) in [6.45, 7) is -1.07. The number of likely N-dealkylation sites (N-methyl/N-ethyl adjacent to an activating group) is 1. The molecule has 0 aromatic heterocycles. The Hall–Kier alpha value is -2.82. The third-order valence-corrected chi connectivity index (χ3v) is 5.92. The van der Waals surface area contributed by atoms with Crippen LogP contribution in [-0.4, -0.2) is 71.1 Å². The van der Waals surface area contributed by atoms with Gasteiger partial charge in [-0.3, -0.25) is 14.5 Å². The zero-order chi connectivity index (χ0) is 23.5. The van der Waals surface area contributed by atoms with Crippen LogP contribution in [0, 0.1) is 0 Å². The van der Waals surface area contributed by atoms with E-state index in [1.807, 2.05) is 0 Å². The van der Waals surface area contributed by atoms with Gasteiger partial charge in [-0.2, -0.15) is 13.2 Å². The highest BCUT2D eigenvalue weighted by molar-refractivity contribution is 6.08. The minimum atomic E-state index is -4.51. The number of carbonyl (C=O) groups is 3. The minimum Gasteiger partial charge on any atom is -0.491 e. The molecule has 1 saturated carbocycles. The van der Waals surface area contributed by atoms with Gasteiger partial charge in [0.1, 0.15) is 30.5 Å². The quantitative estimate of drug-likeness (QED) is 0.612. The van der Waals surface area contributed by atoms with Gasteiger partial charge in [0.25, 0.3) is 5.91 Å². The van der Waals surface area contributed by atoms with E-state index in [1.165, 1.54) is 17.0 Å². The molecule has 1 aromatic carbocycles. The Balaban J connectivity index is 1.47. The van der Waals surface area contributed by atoms with Crippen LogP contribution in [0.2, 0.25) is 0 Å². The summed E-state index contributed by atoms with van der Waals surface area (Å²) in [5.74, 6) is -1.08. The molecular formula is C21H26F3N3O5. The predicted octanol–water partition coefficient (Wildman–Crippen LogP) is 2.16. The summed E-state index contributed by atoms with van der Waals surface area (Å²) in [6, 6.07) is 3.70. The fraction of sp³-hybridized carbons (Fsp3) is 0.571. The number of aliphatic hydroxyl groups is 1. The third kappa shape index (κ3) is 4.98. The van der Waals surface area contributed by atoms with Crippen molar-refractivity contribution in [1.82, 2.24) is 15.1 Å². The van der Waals surface area contributed by atoms with Crippen LogP contribution < -0.4 is 10.1 Å². The average molecular weight is 457 g/mol. The fourth-order valence-corrected chi connectivity index (χ4v) is 4.12. The number of amides is 4. The molecule has 2 fully saturated rings. The summed E-state index contributed by atoms with van der Waals surface area (Å²) >= 11 is 0. The lowest BCUT2D eigenvalue weighted by molar-refractivity contribution is -0.137. The van der Waals surface area contributed by atoms with Crippen LogP contribution in [0.25, 0.3) is 0 Å². The number of carbonyl (C=O) groups excluding carboxylic acids is 3. The van der Waals surface area contributed by atoms with E-state index in [2.05, 4.69) is 5.32 Å². The molecule has 3 rings (SSSR count). The maximum Gasteiger partial charge on any atom is 0.416 e. The van der Waals surface area contributed by atoms with Crippen LogP contribution in [-0.2, 0) is 15.8 Å². The molecule has 8 nitrogen and oxygen atoms in total. The monoisotopic (exact) mass is 457 g/mol. The van der Waals surface area contributed by atoms with Crippen molar-refractivity contribution in [3.63, 3.8) is 0 Å². The van der Waals surface area contributed by atoms with Crippen molar-refractivity contribution in [3.8, 4) is 5.75 Å². The van der Waals surface area contributed by atoms with Gasteiger partial charge in [-0.25, -0.2) is 4.79 Å². The van der Waals surface area contributed by atoms with Gasteiger partial charge in [0.2, 0.25) is 5.91 Å². The van der Waals surface area contributed by atoms with Crippen LogP contribution in [0.1, 0.15) is 37.7 Å². The van der Waals surface area contributed by atoms with Crippen LogP contribution in [0.5, 0.6) is 5.75 Å². The molecule has 32 heavy (non-hydrogen) atoms. The SMILES string of the molecule is CN1C(=O)N(CC(=O)NCC(O)COc2cccc(C(F)(F)F)c2)C(=O)C12CCCCC2. The number of imide groups is 1. The molecule has 1 aromatic rings. The van der Waals surface area contributed by atoms with Gasteiger partial charge >= 0.3 is 12.2 Å². The molecule has 0 bridgehead atoms. The lowest BCUT2D eigenvalue weighted by Gasteiger charge is -2.35. The molecule has 1 aliphatic carbocycles. The number of hydrogen-bond donors (Lipinski definition) is 2. The summed E-state index contributed by atoms with van der Waals surface area (Å²) in [5, 5.41) is 12.4. The van der Waals surface area contributed by atoms with Gasteiger partial charge in [0.15, 0.2) is 0 Å². The molecule has 1 unspecified atom stereocenters. The Morgan fingerprint density at radius 1 is 1.25 bits per heavy atom. The van der Waals surface area contributed by atoms with E-state index in [9.17, 15) is 32.7 Å². The first kappa shape index (κ1) is 23.8. The normalized spacial score (nSPS) is 19.4. The molecule has 1 aliphatic heterocycles. The van der Waals surface area contributed by atoms with Crippen molar-refractivity contribution >= 4 is 17.8 Å². The Morgan fingerprint density at radius 3 is 2.59 bits per heavy atom. The van der Waals surface area contributed by atoms with Gasteiger partial charge < -0.3 is 20.1 Å². The van der Waals surface area contributed by atoms with Crippen molar-refractivity contribution in [2.75, 3.05) is 26.7 Å². The van der Waals surface area contributed by atoms with Gasteiger partial charge in [0, 0.05) is 13.6 Å². The van der Waals surface area contributed by atoms with E-state index in [4.69, 9.17) is 4.74 Å². The van der Waals surface area contributed by atoms with E-state index < -0.39 is 41.9 Å². The molecule has 2 N–H and O–H groups in total. The topological polar surface area (TPSA) is 99.2 Å². The highest BCUT2D eigenvalue weighted by atomic mass is 19.4. The number of benzene rings is 1. The number of alkyl halides is 3. The second-order valence-electron chi connectivity index (χ2n) is 8.12. The molecule has 1 saturated heterocycles. The first-order valence-electron chi connectivity index (χ1n) is 10.4. The zero-order valence-electron chi connectivity index (χ0n) is 17.7. The first-order chi connectivity index (χ1) is 15.0. The van der Waals surface area contributed by atoms with E-state index in [0.717, 1.165) is 36.3 Å². The van der Waals surface area contributed by atoms with E-state index in [1.54, 1.807) is 7.05 Å². The Kier molecular flexibility index (Phi) is 6.97. The maximum absolute atomic E-state index is 12.9. The molecule has 2 aliphatic rings. The van der Waals surface area contributed by atoms with Crippen LogP contribution in [0.4, 0.5) is 18.0 Å². The number of rotatable bonds is 7. The highest BCUT2D eigenvalue weighted by Crippen LogP contribution is 2.39. The standard InChI is InChI=1S/C21H26F3N3O5/c1-26-19(31)27(18(30)20(26)8-3-2-4-9-20)12-17(29)25-11-15(28)13-32-16-7-5-6-14(10-16)21(22,23)24/h5-7,10,15,28H,2-4,8-9,11-13H2,1H3,(H,25,29). The summed E-state index contributed by atoms with van der Waals surface area (Å²) in [6.07, 6.45) is -1.91. The van der Waals surface area contributed by atoms with Crippen LogP contribution in [0.3, 0.4) is 0 Å². The van der Waals surface area contributed by atoms with Crippen LogP contribution >= 0.6 is 0 Å². The number of aliphatic hydroxyl groups excluding tert-OH is 1. The summed E-state index contributed by atoms with van der Waals surface area (Å²) in [7, 11) is 1.57. The maximum atomic E-state index is 12.9. The minimum absolute atomic E-state index is 0.0701. The van der Waals surface area contributed by atoms with Gasteiger partial charge in [0.05, 0.1) is 5.56 Å². The van der Waals surface area contributed by atoms with Crippen molar-refractivity contribution in [3.05, 3.63) is 29.8 Å². The van der Waals surface area contributed by atoms with Crippen molar-refractivity contribution in [2.24, 2.45) is 0 Å². The predicted molar refractivity (Wildman–Crippen MR) is 107 cm³/mol. The number of ether oxygens (including phenoxy) is 1. The second kappa shape index (κ2) is 9.35. The number of halogens is 3. The fourth-order valence-electron chi connectivity index (χ4n) is 4.12. The highest BCUT2D eigenvalue weighted by Gasteiger charge is 2.55. The molecule has 1 atom stereocenters. The number of nitrogens with one attached hydrogen (secondary N) is 1.